The van der Waals surface area contributed by atoms with Crippen LogP contribution in [0, 0.1) is 5.92 Å². The van der Waals surface area contributed by atoms with E-state index in [1.165, 1.54) is 12.2 Å². The number of aliphatic hydroxyl groups is 5. The third-order valence-corrected chi connectivity index (χ3v) is 8.56. The number of hydrogen-bond acceptors (Lipinski definition) is 14. The molecule has 14 atom stereocenters. The van der Waals surface area contributed by atoms with Crippen molar-refractivity contribution in [2.45, 2.75) is 125 Å². The number of hydrogen-bond donors (Lipinski definition) is 6. The van der Waals surface area contributed by atoms with Crippen molar-refractivity contribution in [2.75, 3.05) is 0 Å². The predicted molar refractivity (Wildman–Crippen MR) is 163 cm³/mol. The van der Waals surface area contributed by atoms with E-state index in [0.717, 1.165) is 0 Å². The Morgan fingerprint density at radius 2 is 1.65 bits per heavy atom. The molecule has 0 amide bonds. The van der Waals surface area contributed by atoms with Gasteiger partial charge in [-0.05, 0) is 19.9 Å². The minimum atomic E-state index is -2.13. The minimum Gasteiger partial charge on any atom is -0.550 e. The van der Waals surface area contributed by atoms with Crippen LogP contribution in [0.1, 0.15) is 46.0 Å². The summed E-state index contributed by atoms with van der Waals surface area (Å²) in [6.07, 6.45) is 4.80. The summed E-state index contributed by atoms with van der Waals surface area (Å²) < 4.78 is 28.4. The second kappa shape index (κ2) is 18.5. The molecule has 262 valence electrons. The van der Waals surface area contributed by atoms with Crippen molar-refractivity contribution in [3.8, 4) is 0 Å². The van der Waals surface area contributed by atoms with Crippen LogP contribution in [0.2, 0.25) is 0 Å². The van der Waals surface area contributed by atoms with E-state index in [-0.39, 0.29) is 54.9 Å². The predicted octanol–water partition coefficient (Wildman–Crippen LogP) is -4.21. The van der Waals surface area contributed by atoms with Crippen LogP contribution in [0.3, 0.4) is 0 Å². The van der Waals surface area contributed by atoms with E-state index < -0.39 is 97.3 Å². The van der Waals surface area contributed by atoms with Crippen molar-refractivity contribution in [1.82, 2.24) is 0 Å². The number of carbonyl (C=O) groups excluding carboxylic acids is 2. The van der Waals surface area contributed by atoms with Crippen molar-refractivity contribution in [3.05, 3.63) is 60.8 Å². The van der Waals surface area contributed by atoms with Crippen LogP contribution in [0.25, 0.3) is 0 Å². The molecule has 2 bridgehead atoms. The molecule has 4 rings (SSSR count). The maximum absolute atomic E-state index is 12.2. The molecule has 0 aromatic rings. The van der Waals surface area contributed by atoms with Gasteiger partial charge in [-0.15, -0.1) is 0 Å². The van der Waals surface area contributed by atoms with E-state index >= 15 is 0 Å². The van der Waals surface area contributed by atoms with E-state index in [9.17, 15) is 40.2 Å². The zero-order valence-corrected chi connectivity index (χ0v) is 29.4. The Labute approximate surface area is 301 Å². The first kappa shape index (κ1) is 40.7. The minimum absolute atomic E-state index is 0. The number of ether oxygens (including phenoxy) is 5. The van der Waals surface area contributed by atoms with Crippen LogP contribution in [0.15, 0.2) is 60.8 Å². The molecule has 0 saturated carbocycles. The molecule has 0 spiro atoms. The fraction of sp³-hybridized carbons (Fsp3) is 0.636. The Balaban J connectivity index is 0.00000625. The van der Waals surface area contributed by atoms with Gasteiger partial charge in [-0.3, -0.25) is 0 Å². The number of rotatable bonds is 3. The Morgan fingerprint density at radius 1 is 0.958 bits per heavy atom. The number of aliphatic carboxylic acids is 1. The maximum atomic E-state index is 12.2. The SMILES string of the molecule is C[C@@H]1C\C=C/C=C\C=C/C=C\[C@H](O[C@@H]2O[C@H](C)[C@@H](O)[C@H](N)[C@@H]2O)C[C@@H]2O[C@](O)(C[C@@H](O)C[C@H]3O[C@@H]3/C=C\C(=O)O1)C[C@H](O)[C@H]2C(=O)[O-].[Na+]. The van der Waals surface area contributed by atoms with Crippen molar-refractivity contribution < 1.29 is 93.5 Å². The van der Waals surface area contributed by atoms with Gasteiger partial charge < -0.3 is 64.9 Å². The van der Waals surface area contributed by atoms with Gasteiger partial charge in [-0.1, -0.05) is 48.6 Å². The molecular weight excluding hydrogens is 641 g/mol. The molecule has 4 heterocycles. The summed E-state index contributed by atoms with van der Waals surface area (Å²) in [4.78, 5) is 24.3. The van der Waals surface area contributed by atoms with Gasteiger partial charge >= 0.3 is 35.5 Å². The third-order valence-electron chi connectivity index (χ3n) is 8.56. The molecule has 15 heteroatoms. The Morgan fingerprint density at radius 3 is 2.35 bits per heavy atom. The normalized spacial score (nSPS) is 46.2. The summed E-state index contributed by atoms with van der Waals surface area (Å²) in [5, 5.41) is 66.0. The molecule has 3 fully saturated rings. The van der Waals surface area contributed by atoms with Crippen molar-refractivity contribution in [3.63, 3.8) is 0 Å². The number of carbonyl (C=O) groups is 2. The van der Waals surface area contributed by atoms with Crippen LogP contribution in [0.4, 0.5) is 0 Å². The number of cyclic esters (lactones) is 1. The summed E-state index contributed by atoms with van der Waals surface area (Å²) in [6, 6.07) is -1.09. The zero-order chi connectivity index (χ0) is 34.3. The first-order valence-corrected chi connectivity index (χ1v) is 15.9. The third kappa shape index (κ3) is 11.7. The van der Waals surface area contributed by atoms with Gasteiger partial charge in [0.05, 0.1) is 54.7 Å². The summed E-state index contributed by atoms with van der Waals surface area (Å²) in [7, 11) is 0. The van der Waals surface area contributed by atoms with Crippen LogP contribution >= 0.6 is 0 Å². The smallest absolute Gasteiger partial charge is 0.550 e. The first-order valence-electron chi connectivity index (χ1n) is 15.9. The van der Waals surface area contributed by atoms with Gasteiger partial charge in [0.25, 0.3) is 0 Å². The molecule has 0 aromatic carbocycles. The topological polar surface area (TPSA) is 234 Å². The average molecular weight is 688 g/mol. The number of nitrogens with two attached hydrogens (primary N) is 1. The van der Waals surface area contributed by atoms with Crippen LogP contribution < -0.4 is 40.4 Å². The molecule has 4 aliphatic rings. The number of epoxide rings is 1. The van der Waals surface area contributed by atoms with Crippen molar-refractivity contribution >= 4 is 11.9 Å². The maximum Gasteiger partial charge on any atom is 1.00 e. The number of allylic oxidation sites excluding steroid dienone is 6. The Kier molecular flexibility index (Phi) is 15.6. The van der Waals surface area contributed by atoms with Crippen LogP contribution in [-0.4, -0.2) is 117 Å². The molecule has 0 unspecified atom stereocenters. The molecule has 48 heavy (non-hydrogen) atoms. The van der Waals surface area contributed by atoms with Gasteiger partial charge in [0, 0.05) is 44.1 Å². The molecular formula is C33H46NNaO13. The second-order valence-corrected chi connectivity index (χ2v) is 12.6. The standard InChI is InChI=1S/C33H47NO13.Na/c1-18-10-8-6-4-3-5-7-9-11-21(45-32-30(39)28(34)29(38)19(2)44-32)15-25-27(31(40)41)22(36)17-33(42,47-25)16-20(35)14-24-23(46-24)12-13-26(37)43-18;/h3-9,11-13,18-25,27-30,32,35-36,38-39,42H,10,14-17,34H2,1-2H3,(H,40,41);/q;+1/p-1/b4-3-,7-5-,8-6-,11-9-,13-12-;/t18-,19-,20+,21+,22+,23-,24-,25+,27-,28+,29-,30+,32+,33-;/m1./s1. The van der Waals surface area contributed by atoms with E-state index in [1.54, 1.807) is 56.4 Å². The largest absolute Gasteiger partial charge is 1.00 e. The number of esters is 1. The van der Waals surface area contributed by atoms with E-state index in [2.05, 4.69) is 0 Å². The molecule has 14 nitrogen and oxygen atoms in total. The second-order valence-electron chi connectivity index (χ2n) is 12.6. The monoisotopic (exact) mass is 687 g/mol. The molecule has 3 saturated heterocycles. The molecule has 0 aliphatic carbocycles. The van der Waals surface area contributed by atoms with E-state index in [1.807, 2.05) is 6.08 Å². The van der Waals surface area contributed by atoms with Gasteiger partial charge in [-0.2, -0.15) is 0 Å². The number of carboxylic acids is 1. The van der Waals surface area contributed by atoms with E-state index in [4.69, 9.17) is 29.4 Å². The summed E-state index contributed by atoms with van der Waals surface area (Å²) in [5.41, 5.74) is 5.97. The van der Waals surface area contributed by atoms with Gasteiger partial charge in [0.1, 0.15) is 18.3 Å². The molecule has 7 N–H and O–H groups in total. The fourth-order valence-electron chi connectivity index (χ4n) is 5.99. The Bertz CT molecular complexity index is 1230. The first-order chi connectivity index (χ1) is 22.3. The van der Waals surface area contributed by atoms with Gasteiger partial charge in [-0.25, -0.2) is 4.79 Å². The van der Waals surface area contributed by atoms with Crippen LogP contribution in [0.5, 0.6) is 0 Å². The van der Waals surface area contributed by atoms with Crippen molar-refractivity contribution in [1.29, 1.82) is 0 Å². The summed E-state index contributed by atoms with van der Waals surface area (Å²) in [6.45, 7) is 3.33. The number of fused-ring (bicyclic) bond motifs is 3. The fourth-order valence-corrected chi connectivity index (χ4v) is 5.99. The zero-order valence-electron chi connectivity index (χ0n) is 27.4. The average Bonchev–Trinajstić information content (AvgIpc) is 3.72. The van der Waals surface area contributed by atoms with Crippen LogP contribution in [-0.2, 0) is 33.3 Å². The summed E-state index contributed by atoms with van der Waals surface area (Å²) >= 11 is 0. The summed E-state index contributed by atoms with van der Waals surface area (Å²) in [5.74, 6) is -5.84. The number of carboxylic acid groups (broad SMARTS) is 1. The van der Waals surface area contributed by atoms with Crippen molar-refractivity contribution in [2.24, 2.45) is 11.7 Å². The van der Waals surface area contributed by atoms with E-state index in [0.29, 0.717) is 6.42 Å². The molecule has 0 aromatic heterocycles. The number of aliphatic hydroxyl groups excluding tert-OH is 4. The Hall–Kier alpha value is -1.76. The van der Waals surface area contributed by atoms with Gasteiger partial charge in [0.15, 0.2) is 12.1 Å². The van der Waals surface area contributed by atoms with Gasteiger partial charge in [0.2, 0.25) is 0 Å². The molecule has 0 radical (unpaired) electrons. The molecule has 4 aliphatic heterocycles. The quantitative estimate of drug-likeness (QED) is 0.0939.